The highest BCUT2D eigenvalue weighted by Crippen LogP contribution is 2.21. The van der Waals surface area contributed by atoms with E-state index < -0.39 is 0 Å². The number of nitrogens with one attached hydrogen (secondary N) is 1. The maximum atomic E-state index is 5.62. The van der Waals surface area contributed by atoms with Gasteiger partial charge in [0.2, 0.25) is 0 Å². The molecular weight excluding hydrogens is 250 g/mol. The molecule has 2 aromatic heterocycles. The first-order chi connectivity index (χ1) is 9.63. The maximum absolute atomic E-state index is 5.62. The highest BCUT2D eigenvalue weighted by molar-refractivity contribution is 5.49. The van der Waals surface area contributed by atoms with Crippen molar-refractivity contribution in [1.29, 1.82) is 0 Å². The van der Waals surface area contributed by atoms with Gasteiger partial charge in [0.05, 0.1) is 17.9 Å². The SMILES string of the molecule is CCN(CC)c1ccc(NC(C)c2ccc(C)o2)cn1. The summed E-state index contributed by atoms with van der Waals surface area (Å²) in [5, 5.41) is 3.40. The van der Waals surface area contributed by atoms with Gasteiger partial charge in [0, 0.05) is 13.1 Å². The van der Waals surface area contributed by atoms with Crippen LogP contribution in [-0.2, 0) is 0 Å². The molecule has 2 heterocycles. The molecule has 0 bridgehead atoms. The van der Waals surface area contributed by atoms with Crippen molar-refractivity contribution in [2.24, 2.45) is 0 Å². The molecule has 20 heavy (non-hydrogen) atoms. The molecule has 0 aliphatic heterocycles. The van der Waals surface area contributed by atoms with E-state index in [4.69, 9.17) is 4.42 Å². The van der Waals surface area contributed by atoms with Gasteiger partial charge in [-0.2, -0.15) is 0 Å². The summed E-state index contributed by atoms with van der Waals surface area (Å²) in [5.74, 6) is 2.89. The minimum Gasteiger partial charge on any atom is -0.464 e. The Morgan fingerprint density at radius 1 is 1.20 bits per heavy atom. The number of nitrogens with zero attached hydrogens (tertiary/aromatic N) is 2. The monoisotopic (exact) mass is 273 g/mol. The van der Waals surface area contributed by atoms with E-state index in [1.54, 1.807) is 0 Å². The van der Waals surface area contributed by atoms with Crippen LogP contribution < -0.4 is 10.2 Å². The topological polar surface area (TPSA) is 41.3 Å². The van der Waals surface area contributed by atoms with Crippen LogP contribution >= 0.6 is 0 Å². The molecule has 2 rings (SSSR count). The van der Waals surface area contributed by atoms with Gasteiger partial charge in [0.15, 0.2) is 0 Å². The summed E-state index contributed by atoms with van der Waals surface area (Å²) in [6.07, 6.45) is 1.87. The van der Waals surface area contributed by atoms with Crippen LogP contribution in [0.1, 0.15) is 38.3 Å². The molecule has 0 saturated carbocycles. The van der Waals surface area contributed by atoms with Gasteiger partial charge in [-0.15, -0.1) is 0 Å². The van der Waals surface area contributed by atoms with Gasteiger partial charge >= 0.3 is 0 Å². The second-order valence-corrected chi connectivity index (χ2v) is 4.89. The first-order valence-corrected chi connectivity index (χ1v) is 7.18. The van der Waals surface area contributed by atoms with Crippen LogP contribution in [0.25, 0.3) is 0 Å². The summed E-state index contributed by atoms with van der Waals surface area (Å²) in [6, 6.07) is 8.23. The molecule has 0 aromatic carbocycles. The Kier molecular flexibility index (Phi) is 4.66. The molecule has 4 heteroatoms. The number of anilines is 2. The molecule has 0 saturated heterocycles. The first-order valence-electron chi connectivity index (χ1n) is 7.18. The molecular formula is C16H23N3O. The van der Waals surface area contributed by atoms with Gasteiger partial charge in [-0.05, 0) is 52.0 Å². The predicted octanol–water partition coefficient (Wildman–Crippen LogP) is 4.00. The van der Waals surface area contributed by atoms with Crippen molar-refractivity contribution in [3.63, 3.8) is 0 Å². The van der Waals surface area contributed by atoms with Crippen molar-refractivity contribution in [1.82, 2.24) is 4.98 Å². The average Bonchev–Trinajstić information content (AvgIpc) is 2.89. The van der Waals surface area contributed by atoms with Crippen LogP contribution in [0.5, 0.6) is 0 Å². The summed E-state index contributed by atoms with van der Waals surface area (Å²) < 4.78 is 5.62. The number of hydrogen-bond acceptors (Lipinski definition) is 4. The second-order valence-electron chi connectivity index (χ2n) is 4.89. The largest absolute Gasteiger partial charge is 0.464 e. The highest BCUT2D eigenvalue weighted by Gasteiger charge is 2.10. The zero-order valence-corrected chi connectivity index (χ0v) is 12.7. The van der Waals surface area contributed by atoms with Gasteiger partial charge in [-0.1, -0.05) is 0 Å². The molecule has 0 amide bonds. The van der Waals surface area contributed by atoms with Gasteiger partial charge in [-0.3, -0.25) is 0 Å². The van der Waals surface area contributed by atoms with E-state index in [0.717, 1.165) is 36.1 Å². The summed E-state index contributed by atoms with van der Waals surface area (Å²) in [6.45, 7) is 10.3. The number of furan rings is 1. The van der Waals surface area contributed by atoms with Crippen molar-refractivity contribution in [3.8, 4) is 0 Å². The van der Waals surface area contributed by atoms with E-state index in [1.807, 2.05) is 25.3 Å². The minimum absolute atomic E-state index is 0.129. The van der Waals surface area contributed by atoms with Crippen LogP contribution in [0.3, 0.4) is 0 Å². The lowest BCUT2D eigenvalue weighted by Crippen LogP contribution is -2.22. The van der Waals surface area contributed by atoms with E-state index in [-0.39, 0.29) is 6.04 Å². The normalized spacial score (nSPS) is 12.2. The van der Waals surface area contributed by atoms with Crippen molar-refractivity contribution < 1.29 is 4.42 Å². The molecule has 0 aliphatic carbocycles. The van der Waals surface area contributed by atoms with E-state index in [0.29, 0.717) is 0 Å². The van der Waals surface area contributed by atoms with Crippen molar-refractivity contribution in [2.75, 3.05) is 23.3 Å². The first kappa shape index (κ1) is 14.4. The van der Waals surface area contributed by atoms with Crippen molar-refractivity contribution in [3.05, 3.63) is 42.0 Å². The lowest BCUT2D eigenvalue weighted by atomic mass is 10.2. The second kappa shape index (κ2) is 6.46. The fourth-order valence-corrected chi connectivity index (χ4v) is 2.21. The Morgan fingerprint density at radius 2 is 1.95 bits per heavy atom. The summed E-state index contributed by atoms with van der Waals surface area (Å²) >= 11 is 0. The molecule has 4 nitrogen and oxygen atoms in total. The Bertz CT molecular complexity index is 529. The number of hydrogen-bond donors (Lipinski definition) is 1. The molecule has 108 valence electrons. The predicted molar refractivity (Wildman–Crippen MR) is 83.3 cm³/mol. The highest BCUT2D eigenvalue weighted by atomic mass is 16.3. The minimum atomic E-state index is 0.129. The lowest BCUT2D eigenvalue weighted by molar-refractivity contribution is 0.467. The lowest BCUT2D eigenvalue weighted by Gasteiger charge is -2.20. The third kappa shape index (κ3) is 3.32. The number of pyridine rings is 1. The maximum Gasteiger partial charge on any atom is 0.128 e. The van der Waals surface area contributed by atoms with Crippen LogP contribution in [0.4, 0.5) is 11.5 Å². The smallest absolute Gasteiger partial charge is 0.128 e. The standard InChI is InChI=1S/C16H23N3O/c1-5-19(6-2)16-10-8-14(11-17-16)18-13(4)15-9-7-12(3)20-15/h7-11,13,18H,5-6H2,1-4H3. The Hall–Kier alpha value is -1.97. The van der Waals surface area contributed by atoms with Gasteiger partial charge in [-0.25, -0.2) is 4.98 Å². The fraction of sp³-hybridized carbons (Fsp3) is 0.438. The van der Waals surface area contributed by atoms with E-state index in [9.17, 15) is 0 Å². The number of aromatic nitrogens is 1. The van der Waals surface area contributed by atoms with Crippen LogP contribution in [0.2, 0.25) is 0 Å². The average molecular weight is 273 g/mol. The van der Waals surface area contributed by atoms with Crippen LogP contribution in [0.15, 0.2) is 34.9 Å². The van der Waals surface area contributed by atoms with Crippen molar-refractivity contribution >= 4 is 11.5 Å². The fourth-order valence-electron chi connectivity index (χ4n) is 2.21. The number of rotatable bonds is 6. The number of aryl methyl sites for hydroxylation is 1. The molecule has 0 aliphatic rings. The Labute approximate surface area is 120 Å². The third-order valence-electron chi connectivity index (χ3n) is 3.41. The quantitative estimate of drug-likeness (QED) is 0.863. The van der Waals surface area contributed by atoms with Gasteiger partial charge in [0.25, 0.3) is 0 Å². The summed E-state index contributed by atoms with van der Waals surface area (Å²) in [4.78, 5) is 6.73. The Balaban J connectivity index is 2.03. The van der Waals surface area contributed by atoms with E-state index in [1.165, 1.54) is 0 Å². The van der Waals surface area contributed by atoms with Crippen LogP contribution in [0, 0.1) is 6.92 Å². The zero-order chi connectivity index (χ0) is 14.5. The molecule has 1 atom stereocenters. The molecule has 1 unspecified atom stereocenters. The molecule has 1 N–H and O–H groups in total. The molecule has 0 radical (unpaired) electrons. The van der Waals surface area contributed by atoms with E-state index in [2.05, 4.69) is 48.1 Å². The Morgan fingerprint density at radius 3 is 2.45 bits per heavy atom. The molecule has 0 spiro atoms. The van der Waals surface area contributed by atoms with Gasteiger partial charge < -0.3 is 14.6 Å². The summed E-state index contributed by atoms with van der Waals surface area (Å²) in [7, 11) is 0. The van der Waals surface area contributed by atoms with Crippen LogP contribution in [-0.4, -0.2) is 18.1 Å². The van der Waals surface area contributed by atoms with Crippen molar-refractivity contribution in [2.45, 2.75) is 33.7 Å². The van der Waals surface area contributed by atoms with E-state index >= 15 is 0 Å². The molecule has 0 fully saturated rings. The summed E-state index contributed by atoms with van der Waals surface area (Å²) in [5.41, 5.74) is 1.00. The molecule has 2 aromatic rings. The van der Waals surface area contributed by atoms with Gasteiger partial charge in [0.1, 0.15) is 17.3 Å². The zero-order valence-electron chi connectivity index (χ0n) is 12.7. The third-order valence-corrected chi connectivity index (χ3v) is 3.41.